The van der Waals surface area contributed by atoms with Crippen molar-refractivity contribution in [3.63, 3.8) is 0 Å². The van der Waals surface area contributed by atoms with Crippen molar-refractivity contribution in [2.75, 3.05) is 29.9 Å². The van der Waals surface area contributed by atoms with Gasteiger partial charge in [-0.25, -0.2) is 0 Å². The number of benzene rings is 1. The number of likely N-dealkylation sites (N-methyl/N-ethyl adjacent to an activating group) is 1. The zero-order chi connectivity index (χ0) is 26.1. The molecule has 1 atom stereocenters. The number of nitrogens with one attached hydrogen (secondary N) is 2. The number of alkyl halides is 5. The first kappa shape index (κ1) is 27.0. The van der Waals surface area contributed by atoms with E-state index in [0.29, 0.717) is 11.4 Å². The molecule has 4 amide bonds. The summed E-state index contributed by atoms with van der Waals surface area (Å²) in [5.74, 6) is -8.61. The second kappa shape index (κ2) is 9.55. The molecule has 0 saturated heterocycles. The highest BCUT2D eigenvalue weighted by Gasteiger charge is 2.57. The Bertz CT molecular complexity index is 975. The molecule has 34 heavy (non-hydrogen) atoms. The van der Waals surface area contributed by atoms with Gasteiger partial charge in [-0.05, 0) is 12.1 Å². The number of nitrogens with zero attached hydrogens (tertiary/aromatic N) is 2. The molecule has 1 aromatic carbocycles. The van der Waals surface area contributed by atoms with Gasteiger partial charge in [0.2, 0.25) is 17.7 Å². The lowest BCUT2D eigenvalue weighted by atomic mass is 9.94. The third-order valence-electron chi connectivity index (χ3n) is 4.99. The molecule has 2 N–H and O–H groups in total. The molecule has 0 fully saturated rings. The van der Waals surface area contributed by atoms with Gasteiger partial charge in [0.1, 0.15) is 12.5 Å². The smallest absolute Gasteiger partial charge is 0.349 e. The Labute approximate surface area is 192 Å². The molecular formula is C21H25F5N4O4. The van der Waals surface area contributed by atoms with Gasteiger partial charge in [-0.1, -0.05) is 32.9 Å². The van der Waals surface area contributed by atoms with Crippen molar-refractivity contribution in [2.24, 2.45) is 5.41 Å². The number of halogens is 5. The van der Waals surface area contributed by atoms with Crippen LogP contribution in [0.3, 0.4) is 0 Å². The zero-order valence-corrected chi connectivity index (χ0v) is 18.9. The fraction of sp³-hybridized carbons (Fsp3) is 0.524. The van der Waals surface area contributed by atoms with Crippen LogP contribution >= 0.6 is 0 Å². The molecule has 2 rings (SSSR count). The van der Waals surface area contributed by atoms with Gasteiger partial charge < -0.3 is 20.4 Å². The lowest BCUT2D eigenvalue weighted by molar-refractivity contribution is -0.278. The predicted molar refractivity (Wildman–Crippen MR) is 112 cm³/mol. The standard InChI is InChI=1S/C21H25F5N4O4/c1-19(2,3)18(34)30-10-12(17(33)29(4)13-7-5-6-8-14(13)30)28-16(32)9-15(31)27-11-20(22,23)21(24,25)26/h5-8,12H,9-11H2,1-4H3,(H,27,31)(H,28,32). The molecule has 1 aliphatic rings. The second-order valence-corrected chi connectivity index (χ2v) is 8.83. The number of para-hydroxylation sites is 2. The van der Waals surface area contributed by atoms with Crippen LogP contribution in [0.2, 0.25) is 0 Å². The number of hydrogen-bond donors (Lipinski definition) is 2. The van der Waals surface area contributed by atoms with E-state index in [1.165, 1.54) is 22.2 Å². The van der Waals surface area contributed by atoms with Gasteiger partial charge in [0.15, 0.2) is 0 Å². The maximum absolute atomic E-state index is 13.1. The van der Waals surface area contributed by atoms with Gasteiger partial charge in [0.25, 0.3) is 5.91 Å². The lowest BCUT2D eigenvalue weighted by Crippen LogP contribution is -2.54. The van der Waals surface area contributed by atoms with Crippen LogP contribution in [-0.4, -0.2) is 61.9 Å². The van der Waals surface area contributed by atoms with Gasteiger partial charge >= 0.3 is 12.1 Å². The average Bonchev–Trinajstić information content (AvgIpc) is 2.81. The summed E-state index contributed by atoms with van der Waals surface area (Å²) >= 11 is 0. The average molecular weight is 492 g/mol. The van der Waals surface area contributed by atoms with Crippen molar-refractivity contribution >= 4 is 35.0 Å². The van der Waals surface area contributed by atoms with E-state index in [1.54, 1.807) is 45.0 Å². The van der Waals surface area contributed by atoms with E-state index in [-0.39, 0.29) is 12.5 Å². The third kappa shape index (κ3) is 6.00. The van der Waals surface area contributed by atoms with Gasteiger partial charge in [-0.3, -0.25) is 19.2 Å². The SMILES string of the molecule is CN1C(=O)C(NC(=O)CC(=O)NCC(F)(F)C(F)(F)F)CN(C(=O)C(C)(C)C)c2ccccc21. The Kier molecular flexibility index (Phi) is 7.58. The van der Waals surface area contributed by atoms with E-state index in [0.717, 1.165) is 0 Å². The van der Waals surface area contributed by atoms with Crippen LogP contribution in [0, 0.1) is 5.41 Å². The molecule has 8 nitrogen and oxygen atoms in total. The maximum Gasteiger partial charge on any atom is 0.455 e. The van der Waals surface area contributed by atoms with Crippen molar-refractivity contribution in [1.29, 1.82) is 0 Å². The predicted octanol–water partition coefficient (Wildman–Crippen LogP) is 2.23. The number of hydrogen-bond acceptors (Lipinski definition) is 4. The second-order valence-electron chi connectivity index (χ2n) is 8.83. The Morgan fingerprint density at radius 1 is 1.00 bits per heavy atom. The first-order chi connectivity index (χ1) is 15.5. The summed E-state index contributed by atoms with van der Waals surface area (Å²) in [5, 5.41) is 3.64. The minimum Gasteiger partial charge on any atom is -0.349 e. The van der Waals surface area contributed by atoms with Crippen LogP contribution in [0.5, 0.6) is 0 Å². The van der Waals surface area contributed by atoms with E-state index >= 15 is 0 Å². The van der Waals surface area contributed by atoms with Gasteiger partial charge in [-0.2, -0.15) is 22.0 Å². The highest BCUT2D eigenvalue weighted by molar-refractivity contribution is 6.09. The molecule has 1 unspecified atom stereocenters. The van der Waals surface area contributed by atoms with Crippen LogP contribution < -0.4 is 20.4 Å². The summed E-state index contributed by atoms with van der Waals surface area (Å²) in [6, 6.07) is 5.25. The molecule has 1 aromatic rings. The summed E-state index contributed by atoms with van der Waals surface area (Å²) < 4.78 is 62.6. The molecule has 0 saturated carbocycles. The van der Waals surface area contributed by atoms with E-state index in [2.05, 4.69) is 5.32 Å². The Balaban J connectivity index is 2.17. The minimum atomic E-state index is -5.86. The normalized spacial score (nSPS) is 17.1. The van der Waals surface area contributed by atoms with Crippen molar-refractivity contribution in [3.8, 4) is 0 Å². The lowest BCUT2D eigenvalue weighted by Gasteiger charge is -2.30. The fourth-order valence-electron chi connectivity index (χ4n) is 3.16. The molecule has 188 valence electrons. The monoisotopic (exact) mass is 492 g/mol. The van der Waals surface area contributed by atoms with Crippen molar-refractivity contribution in [2.45, 2.75) is 45.3 Å². The number of anilines is 2. The van der Waals surface area contributed by atoms with Crippen LogP contribution in [0.25, 0.3) is 0 Å². The first-order valence-electron chi connectivity index (χ1n) is 10.1. The van der Waals surface area contributed by atoms with Crippen molar-refractivity contribution in [1.82, 2.24) is 10.6 Å². The highest BCUT2D eigenvalue weighted by Crippen LogP contribution is 2.35. The molecule has 0 radical (unpaired) electrons. The topological polar surface area (TPSA) is 98.8 Å². The minimum absolute atomic E-state index is 0.282. The highest BCUT2D eigenvalue weighted by atomic mass is 19.4. The van der Waals surface area contributed by atoms with Crippen LogP contribution in [0.4, 0.5) is 33.3 Å². The molecule has 0 aromatic heterocycles. The zero-order valence-electron chi connectivity index (χ0n) is 18.9. The number of fused-ring (bicyclic) bond motifs is 1. The molecule has 0 bridgehead atoms. The van der Waals surface area contributed by atoms with Crippen molar-refractivity contribution < 1.29 is 41.1 Å². The van der Waals surface area contributed by atoms with Crippen LogP contribution in [0.1, 0.15) is 27.2 Å². The van der Waals surface area contributed by atoms with Crippen LogP contribution in [0.15, 0.2) is 24.3 Å². The Hall–Kier alpha value is -3.25. The molecule has 13 heteroatoms. The molecule has 1 heterocycles. The van der Waals surface area contributed by atoms with E-state index < -0.39 is 54.2 Å². The number of carbonyl (C=O) groups is 4. The maximum atomic E-state index is 13.1. The summed E-state index contributed by atoms with van der Waals surface area (Å²) in [6.45, 7) is 2.70. The van der Waals surface area contributed by atoms with Crippen molar-refractivity contribution in [3.05, 3.63) is 24.3 Å². The summed E-state index contributed by atoms with van der Waals surface area (Å²) in [6.07, 6.45) is -6.96. The Morgan fingerprint density at radius 3 is 2.09 bits per heavy atom. The van der Waals surface area contributed by atoms with E-state index in [4.69, 9.17) is 0 Å². The molecular weight excluding hydrogens is 467 g/mol. The summed E-state index contributed by atoms with van der Waals surface area (Å²) in [5.41, 5.74) is -0.0341. The Morgan fingerprint density at radius 2 is 1.56 bits per heavy atom. The summed E-state index contributed by atoms with van der Waals surface area (Å²) in [7, 11) is 1.43. The van der Waals surface area contributed by atoms with E-state index in [1.807, 2.05) is 0 Å². The first-order valence-corrected chi connectivity index (χ1v) is 10.1. The molecule has 1 aliphatic heterocycles. The third-order valence-corrected chi connectivity index (χ3v) is 4.99. The molecule has 0 spiro atoms. The largest absolute Gasteiger partial charge is 0.455 e. The quantitative estimate of drug-likeness (QED) is 0.487. The number of rotatable bonds is 5. The van der Waals surface area contributed by atoms with Gasteiger partial charge in [0.05, 0.1) is 24.5 Å². The van der Waals surface area contributed by atoms with Gasteiger partial charge in [0, 0.05) is 12.5 Å². The van der Waals surface area contributed by atoms with Gasteiger partial charge in [-0.15, -0.1) is 0 Å². The number of amides is 4. The summed E-state index contributed by atoms with van der Waals surface area (Å²) in [4.78, 5) is 52.6. The van der Waals surface area contributed by atoms with Crippen LogP contribution in [-0.2, 0) is 19.2 Å². The fourth-order valence-corrected chi connectivity index (χ4v) is 3.16. The van der Waals surface area contributed by atoms with E-state index in [9.17, 15) is 41.1 Å². The molecule has 0 aliphatic carbocycles. The number of carbonyl (C=O) groups excluding carboxylic acids is 4.